The molecule has 1 heterocycles. The molecule has 0 saturated heterocycles. The first-order chi connectivity index (χ1) is 8.67. The van der Waals surface area contributed by atoms with Gasteiger partial charge >= 0.3 is 0 Å². The lowest BCUT2D eigenvalue weighted by Crippen LogP contribution is -2.29. The fraction of sp³-hybridized carbons (Fsp3) is 0.667. The molecule has 0 bridgehead atoms. The molecule has 0 aromatic carbocycles. The van der Waals surface area contributed by atoms with Gasteiger partial charge < -0.3 is 10.4 Å². The van der Waals surface area contributed by atoms with Crippen LogP contribution in [0.15, 0.2) is 15.5 Å². The van der Waals surface area contributed by atoms with Crippen LogP contribution >= 0.6 is 15.9 Å². The van der Waals surface area contributed by atoms with E-state index in [0.717, 1.165) is 24.9 Å². The fourth-order valence-corrected chi connectivity index (χ4v) is 2.86. The number of aryl methyl sites for hydroxylation is 1. The lowest BCUT2D eigenvalue weighted by molar-refractivity contribution is 0.222. The molecule has 0 radical (unpaired) electrons. The summed E-state index contributed by atoms with van der Waals surface area (Å²) in [6.45, 7) is 2.63. The summed E-state index contributed by atoms with van der Waals surface area (Å²) in [6, 6.07) is 0.227. The van der Waals surface area contributed by atoms with E-state index in [-0.39, 0.29) is 24.1 Å². The van der Waals surface area contributed by atoms with Crippen molar-refractivity contribution in [3.8, 4) is 0 Å². The largest absolute Gasteiger partial charge is 0.396 e. The van der Waals surface area contributed by atoms with Gasteiger partial charge in [-0.05, 0) is 35.7 Å². The Kier molecular flexibility index (Phi) is 4.40. The van der Waals surface area contributed by atoms with E-state index >= 15 is 0 Å². The van der Waals surface area contributed by atoms with Crippen molar-refractivity contribution in [1.29, 1.82) is 0 Å². The molecule has 2 unspecified atom stereocenters. The molecule has 0 amide bonds. The third-order valence-electron chi connectivity index (χ3n) is 3.52. The van der Waals surface area contributed by atoms with Gasteiger partial charge in [-0.15, -0.1) is 0 Å². The molecule has 1 aliphatic rings. The molecule has 6 heteroatoms. The molecule has 1 aromatic rings. The Bertz CT molecular complexity index is 475. The van der Waals surface area contributed by atoms with Gasteiger partial charge in [-0.25, -0.2) is 4.68 Å². The topological polar surface area (TPSA) is 67.2 Å². The van der Waals surface area contributed by atoms with Crippen LogP contribution in [0.2, 0.25) is 0 Å². The van der Waals surface area contributed by atoms with Crippen molar-refractivity contribution in [3.63, 3.8) is 0 Å². The van der Waals surface area contributed by atoms with Gasteiger partial charge in [0.15, 0.2) is 0 Å². The van der Waals surface area contributed by atoms with E-state index < -0.39 is 0 Å². The van der Waals surface area contributed by atoms with Crippen LogP contribution in [0.3, 0.4) is 0 Å². The van der Waals surface area contributed by atoms with E-state index in [9.17, 15) is 9.90 Å². The van der Waals surface area contributed by atoms with E-state index in [0.29, 0.717) is 11.0 Å². The second kappa shape index (κ2) is 5.84. The van der Waals surface area contributed by atoms with Crippen molar-refractivity contribution in [2.24, 2.45) is 5.92 Å². The smallest absolute Gasteiger partial charge is 0.283 e. The normalized spacial score (nSPS) is 23.3. The molecule has 100 valence electrons. The van der Waals surface area contributed by atoms with Crippen molar-refractivity contribution < 1.29 is 5.11 Å². The number of aromatic nitrogens is 2. The predicted molar refractivity (Wildman–Crippen MR) is 73.7 cm³/mol. The number of hydrogen-bond acceptors (Lipinski definition) is 4. The van der Waals surface area contributed by atoms with Gasteiger partial charge in [0.05, 0.1) is 11.9 Å². The van der Waals surface area contributed by atoms with Crippen LogP contribution in [-0.2, 0) is 6.54 Å². The third kappa shape index (κ3) is 2.59. The summed E-state index contributed by atoms with van der Waals surface area (Å²) >= 11 is 3.32. The van der Waals surface area contributed by atoms with Crippen molar-refractivity contribution in [2.75, 3.05) is 11.9 Å². The molecule has 0 spiro atoms. The van der Waals surface area contributed by atoms with E-state index in [1.54, 1.807) is 6.20 Å². The van der Waals surface area contributed by atoms with Crippen LogP contribution in [0.25, 0.3) is 0 Å². The summed E-state index contributed by atoms with van der Waals surface area (Å²) in [7, 11) is 0. The summed E-state index contributed by atoms with van der Waals surface area (Å²) in [5.41, 5.74) is 0.594. The molecular formula is C12H18BrN3O2. The van der Waals surface area contributed by atoms with Gasteiger partial charge in [0.1, 0.15) is 4.47 Å². The first-order valence-electron chi connectivity index (χ1n) is 6.30. The number of hydrogen-bond donors (Lipinski definition) is 2. The Hall–Kier alpha value is -0.880. The SMILES string of the molecule is CCn1ncc(NC2CCCC2CO)c(Br)c1=O. The summed E-state index contributed by atoms with van der Waals surface area (Å²) in [6.07, 6.45) is 4.83. The quantitative estimate of drug-likeness (QED) is 0.885. The molecular weight excluding hydrogens is 298 g/mol. The summed E-state index contributed by atoms with van der Waals surface area (Å²) in [5, 5.41) is 16.7. The van der Waals surface area contributed by atoms with Gasteiger partial charge in [0.25, 0.3) is 5.56 Å². The lowest BCUT2D eigenvalue weighted by atomic mass is 10.1. The molecule has 1 aliphatic carbocycles. The van der Waals surface area contributed by atoms with Crippen LogP contribution in [0, 0.1) is 5.92 Å². The standard InChI is InChI=1S/C12H18BrN3O2/c1-2-16-12(18)11(13)10(6-14-16)15-9-5-3-4-8(9)7-17/h6,8-9,15,17H,2-5,7H2,1H3. The number of aliphatic hydroxyl groups is 1. The van der Waals surface area contributed by atoms with Gasteiger partial charge in [-0.1, -0.05) is 6.42 Å². The second-order valence-electron chi connectivity index (χ2n) is 4.62. The van der Waals surface area contributed by atoms with Gasteiger partial charge in [-0.3, -0.25) is 4.79 Å². The minimum atomic E-state index is -0.124. The summed E-state index contributed by atoms with van der Waals surface area (Å²) < 4.78 is 1.93. The van der Waals surface area contributed by atoms with E-state index in [1.165, 1.54) is 4.68 Å². The molecule has 18 heavy (non-hydrogen) atoms. The van der Waals surface area contributed by atoms with Gasteiger partial charge in [0.2, 0.25) is 0 Å². The number of rotatable bonds is 4. The Balaban J connectivity index is 2.19. The number of halogens is 1. The van der Waals surface area contributed by atoms with Crippen LogP contribution in [0.1, 0.15) is 26.2 Å². The molecule has 1 saturated carbocycles. The minimum absolute atomic E-state index is 0.124. The van der Waals surface area contributed by atoms with Crippen molar-refractivity contribution in [3.05, 3.63) is 21.0 Å². The van der Waals surface area contributed by atoms with E-state index in [4.69, 9.17) is 0 Å². The Morgan fingerprint density at radius 3 is 3.06 bits per heavy atom. The average molecular weight is 316 g/mol. The van der Waals surface area contributed by atoms with Crippen LogP contribution in [-0.4, -0.2) is 27.5 Å². The highest BCUT2D eigenvalue weighted by atomic mass is 79.9. The zero-order chi connectivity index (χ0) is 13.1. The number of anilines is 1. The van der Waals surface area contributed by atoms with Crippen LogP contribution in [0.4, 0.5) is 5.69 Å². The molecule has 2 rings (SSSR count). The van der Waals surface area contributed by atoms with E-state index in [1.807, 2.05) is 6.92 Å². The zero-order valence-corrected chi connectivity index (χ0v) is 12.0. The maximum absolute atomic E-state index is 11.9. The Labute approximate surface area is 114 Å². The first kappa shape index (κ1) is 13.5. The maximum Gasteiger partial charge on any atom is 0.283 e. The Morgan fingerprint density at radius 1 is 1.61 bits per heavy atom. The highest BCUT2D eigenvalue weighted by Crippen LogP contribution is 2.29. The fourth-order valence-electron chi connectivity index (χ4n) is 2.44. The third-order valence-corrected chi connectivity index (χ3v) is 4.29. The molecule has 1 fully saturated rings. The van der Waals surface area contributed by atoms with Crippen molar-refractivity contribution in [1.82, 2.24) is 9.78 Å². The van der Waals surface area contributed by atoms with Gasteiger partial charge in [0, 0.05) is 25.1 Å². The minimum Gasteiger partial charge on any atom is -0.396 e. The van der Waals surface area contributed by atoms with Gasteiger partial charge in [-0.2, -0.15) is 5.10 Å². The summed E-state index contributed by atoms with van der Waals surface area (Å²) in [4.78, 5) is 11.9. The molecule has 2 atom stereocenters. The monoisotopic (exact) mass is 315 g/mol. The van der Waals surface area contributed by atoms with Crippen molar-refractivity contribution in [2.45, 2.75) is 38.8 Å². The first-order valence-corrected chi connectivity index (χ1v) is 7.09. The number of nitrogens with zero attached hydrogens (tertiary/aromatic N) is 2. The highest BCUT2D eigenvalue weighted by molar-refractivity contribution is 9.10. The maximum atomic E-state index is 11.9. The number of aliphatic hydroxyl groups excluding tert-OH is 1. The van der Waals surface area contributed by atoms with E-state index in [2.05, 4.69) is 26.3 Å². The average Bonchev–Trinajstić information content (AvgIpc) is 2.82. The molecule has 1 aromatic heterocycles. The van der Waals surface area contributed by atoms with Crippen molar-refractivity contribution >= 4 is 21.6 Å². The molecule has 2 N–H and O–H groups in total. The second-order valence-corrected chi connectivity index (χ2v) is 5.41. The van der Waals surface area contributed by atoms with Crippen LogP contribution < -0.4 is 10.9 Å². The predicted octanol–water partition coefficient (Wildman–Crippen LogP) is 1.60. The molecule has 5 nitrogen and oxygen atoms in total. The Morgan fingerprint density at radius 2 is 2.39 bits per heavy atom. The molecule has 0 aliphatic heterocycles. The van der Waals surface area contributed by atoms with Crippen LogP contribution in [0.5, 0.6) is 0 Å². The lowest BCUT2D eigenvalue weighted by Gasteiger charge is -2.20. The highest BCUT2D eigenvalue weighted by Gasteiger charge is 2.27. The zero-order valence-electron chi connectivity index (χ0n) is 10.4. The summed E-state index contributed by atoms with van der Waals surface area (Å²) in [5.74, 6) is 0.269. The number of nitrogens with one attached hydrogen (secondary N) is 1.